The van der Waals surface area contributed by atoms with Crippen LogP contribution in [0.5, 0.6) is 5.75 Å². The normalized spacial score (nSPS) is 11.1. The van der Waals surface area contributed by atoms with E-state index in [1.165, 1.54) is 13.0 Å². The van der Waals surface area contributed by atoms with Crippen molar-refractivity contribution in [3.63, 3.8) is 0 Å². The van der Waals surface area contributed by atoms with Crippen molar-refractivity contribution >= 4 is 27.4 Å². The molecule has 0 aliphatic rings. The molecule has 0 aromatic heterocycles. The Balaban J connectivity index is 3.39. The molecule has 0 unspecified atom stereocenters. The number of nitrogens with two attached hydrogens (primary N) is 1. The SMILES string of the molecule is CC(=O)Nc1cc(N)c(O)c(S(=O)(=O)O)c1. The van der Waals surface area contributed by atoms with Crippen molar-refractivity contribution in [2.24, 2.45) is 0 Å². The van der Waals surface area contributed by atoms with E-state index in [1.54, 1.807) is 0 Å². The van der Waals surface area contributed by atoms with Gasteiger partial charge < -0.3 is 16.2 Å². The number of nitrogen functional groups attached to an aromatic ring is 1. The van der Waals surface area contributed by atoms with Gasteiger partial charge in [0, 0.05) is 12.6 Å². The minimum Gasteiger partial charge on any atom is -0.504 e. The van der Waals surface area contributed by atoms with E-state index >= 15 is 0 Å². The summed E-state index contributed by atoms with van der Waals surface area (Å²) in [6.45, 7) is 1.22. The first-order valence-corrected chi connectivity index (χ1v) is 5.53. The second kappa shape index (κ2) is 3.99. The zero-order chi connectivity index (χ0) is 12.5. The van der Waals surface area contributed by atoms with Gasteiger partial charge in [0.2, 0.25) is 5.91 Å². The number of nitrogens with one attached hydrogen (secondary N) is 1. The van der Waals surface area contributed by atoms with E-state index in [-0.39, 0.29) is 11.4 Å². The molecule has 0 aliphatic heterocycles. The molecule has 1 aromatic rings. The van der Waals surface area contributed by atoms with Crippen molar-refractivity contribution in [2.75, 3.05) is 11.1 Å². The van der Waals surface area contributed by atoms with Gasteiger partial charge in [-0.2, -0.15) is 8.42 Å². The summed E-state index contributed by atoms with van der Waals surface area (Å²) < 4.78 is 30.5. The Kier molecular flexibility index (Phi) is 3.06. The van der Waals surface area contributed by atoms with Crippen molar-refractivity contribution in [3.05, 3.63) is 12.1 Å². The number of phenols is 1. The molecule has 0 aliphatic carbocycles. The van der Waals surface area contributed by atoms with E-state index in [1.807, 2.05) is 0 Å². The van der Waals surface area contributed by atoms with Crippen molar-refractivity contribution in [3.8, 4) is 5.75 Å². The number of carbonyl (C=O) groups is 1. The Morgan fingerprint density at radius 1 is 1.44 bits per heavy atom. The monoisotopic (exact) mass is 246 g/mol. The molecule has 1 aromatic carbocycles. The van der Waals surface area contributed by atoms with Crippen LogP contribution in [0.4, 0.5) is 11.4 Å². The van der Waals surface area contributed by atoms with Gasteiger partial charge in [0.05, 0.1) is 5.69 Å². The van der Waals surface area contributed by atoms with Gasteiger partial charge in [-0.3, -0.25) is 9.35 Å². The van der Waals surface area contributed by atoms with E-state index in [0.717, 1.165) is 6.07 Å². The Morgan fingerprint density at radius 2 is 2.00 bits per heavy atom. The lowest BCUT2D eigenvalue weighted by molar-refractivity contribution is -0.114. The summed E-state index contributed by atoms with van der Waals surface area (Å²) in [5.74, 6) is -1.19. The van der Waals surface area contributed by atoms with E-state index in [0.29, 0.717) is 0 Å². The molecule has 8 heteroatoms. The van der Waals surface area contributed by atoms with Gasteiger partial charge in [0.15, 0.2) is 5.75 Å². The molecule has 0 bridgehead atoms. The Labute approximate surface area is 91.6 Å². The van der Waals surface area contributed by atoms with Gasteiger partial charge in [0.25, 0.3) is 10.1 Å². The van der Waals surface area contributed by atoms with E-state index in [9.17, 15) is 18.3 Å². The van der Waals surface area contributed by atoms with Crippen LogP contribution in [-0.2, 0) is 14.9 Å². The summed E-state index contributed by atoms with van der Waals surface area (Å²) in [6, 6.07) is 2.08. The summed E-state index contributed by atoms with van der Waals surface area (Å²) in [7, 11) is -4.60. The average molecular weight is 246 g/mol. The largest absolute Gasteiger partial charge is 0.504 e. The van der Waals surface area contributed by atoms with Crippen LogP contribution in [0.2, 0.25) is 0 Å². The molecule has 0 saturated carbocycles. The molecule has 1 rings (SSSR count). The first kappa shape index (κ1) is 12.3. The van der Waals surface area contributed by atoms with Gasteiger partial charge in [-0.05, 0) is 12.1 Å². The minimum absolute atomic E-state index is 0.0652. The fourth-order valence-electron chi connectivity index (χ4n) is 1.10. The van der Waals surface area contributed by atoms with E-state index < -0.39 is 26.7 Å². The summed E-state index contributed by atoms with van der Waals surface area (Å²) in [6.07, 6.45) is 0. The topological polar surface area (TPSA) is 130 Å². The Morgan fingerprint density at radius 3 is 2.44 bits per heavy atom. The van der Waals surface area contributed by atoms with Crippen LogP contribution in [0.25, 0.3) is 0 Å². The third-order valence-corrected chi connectivity index (χ3v) is 2.57. The average Bonchev–Trinajstić information content (AvgIpc) is 2.08. The van der Waals surface area contributed by atoms with Crippen molar-refractivity contribution in [1.82, 2.24) is 0 Å². The number of hydrogen-bond donors (Lipinski definition) is 4. The Hall–Kier alpha value is -1.80. The standard InChI is InChI=1S/C8H10N2O5S/c1-4(11)10-5-2-6(9)8(12)7(3-5)16(13,14)15/h2-3,12H,9H2,1H3,(H,10,11)(H,13,14,15). The maximum absolute atomic E-state index is 10.9. The lowest BCUT2D eigenvalue weighted by atomic mass is 10.2. The number of phenolic OH excluding ortho intramolecular Hbond substituents is 1. The molecule has 0 radical (unpaired) electrons. The van der Waals surface area contributed by atoms with Crippen LogP contribution in [-0.4, -0.2) is 24.0 Å². The zero-order valence-corrected chi connectivity index (χ0v) is 9.08. The van der Waals surface area contributed by atoms with Crippen LogP contribution in [0.15, 0.2) is 17.0 Å². The Bertz CT molecular complexity index is 538. The first-order chi connectivity index (χ1) is 7.21. The van der Waals surface area contributed by atoms with Gasteiger partial charge in [-0.1, -0.05) is 0 Å². The highest BCUT2D eigenvalue weighted by atomic mass is 32.2. The molecule has 0 atom stereocenters. The molecule has 0 heterocycles. The van der Waals surface area contributed by atoms with Crippen molar-refractivity contribution in [1.29, 1.82) is 0 Å². The lowest BCUT2D eigenvalue weighted by Crippen LogP contribution is -2.08. The quantitative estimate of drug-likeness (QED) is 0.255. The van der Waals surface area contributed by atoms with Crippen LogP contribution >= 0.6 is 0 Å². The highest BCUT2D eigenvalue weighted by molar-refractivity contribution is 7.86. The molecular weight excluding hydrogens is 236 g/mol. The van der Waals surface area contributed by atoms with Crippen LogP contribution in [0.1, 0.15) is 6.92 Å². The molecule has 0 saturated heterocycles. The molecule has 0 fully saturated rings. The van der Waals surface area contributed by atoms with Crippen LogP contribution < -0.4 is 11.1 Å². The predicted molar refractivity (Wildman–Crippen MR) is 56.6 cm³/mol. The predicted octanol–water partition coefficient (Wildman–Crippen LogP) is 0.179. The third kappa shape index (κ3) is 2.61. The lowest BCUT2D eigenvalue weighted by Gasteiger charge is -2.08. The fraction of sp³-hybridized carbons (Fsp3) is 0.125. The van der Waals surface area contributed by atoms with Gasteiger partial charge in [-0.25, -0.2) is 0 Å². The summed E-state index contributed by atoms with van der Waals surface area (Å²) in [4.78, 5) is 9.99. The number of carbonyl (C=O) groups excluding carboxylic acids is 1. The number of rotatable bonds is 2. The van der Waals surface area contributed by atoms with Gasteiger partial charge in [0.1, 0.15) is 4.90 Å². The van der Waals surface area contributed by atoms with Crippen molar-refractivity contribution in [2.45, 2.75) is 11.8 Å². The number of amides is 1. The highest BCUT2D eigenvalue weighted by Gasteiger charge is 2.19. The fourth-order valence-corrected chi connectivity index (χ4v) is 1.74. The highest BCUT2D eigenvalue weighted by Crippen LogP contribution is 2.32. The minimum atomic E-state index is -4.60. The second-order valence-electron chi connectivity index (χ2n) is 3.07. The number of anilines is 2. The second-order valence-corrected chi connectivity index (χ2v) is 4.46. The van der Waals surface area contributed by atoms with Crippen LogP contribution in [0.3, 0.4) is 0 Å². The summed E-state index contributed by atoms with van der Waals surface area (Å²) in [5.41, 5.74) is 5.12. The smallest absolute Gasteiger partial charge is 0.298 e. The summed E-state index contributed by atoms with van der Waals surface area (Å²) in [5, 5.41) is 11.6. The molecule has 16 heavy (non-hydrogen) atoms. The molecule has 5 N–H and O–H groups in total. The van der Waals surface area contributed by atoms with Crippen molar-refractivity contribution < 1.29 is 22.9 Å². The summed E-state index contributed by atoms with van der Waals surface area (Å²) >= 11 is 0. The molecule has 7 nitrogen and oxygen atoms in total. The van der Waals surface area contributed by atoms with Gasteiger partial charge in [-0.15, -0.1) is 0 Å². The maximum Gasteiger partial charge on any atom is 0.298 e. The van der Waals surface area contributed by atoms with Gasteiger partial charge >= 0.3 is 0 Å². The van der Waals surface area contributed by atoms with E-state index in [4.69, 9.17) is 10.3 Å². The van der Waals surface area contributed by atoms with E-state index in [2.05, 4.69) is 5.32 Å². The first-order valence-electron chi connectivity index (χ1n) is 4.09. The maximum atomic E-state index is 10.9. The molecule has 88 valence electrons. The molecular formula is C8H10N2O5S. The van der Waals surface area contributed by atoms with Crippen LogP contribution in [0, 0.1) is 0 Å². The zero-order valence-electron chi connectivity index (χ0n) is 8.26. The molecule has 1 amide bonds. The number of aromatic hydroxyl groups is 1. The number of benzene rings is 1. The third-order valence-electron chi connectivity index (χ3n) is 1.70. The number of hydrogen-bond acceptors (Lipinski definition) is 5. The molecule has 0 spiro atoms.